The lowest BCUT2D eigenvalue weighted by Gasteiger charge is -2.20. The maximum absolute atomic E-state index is 12.6. The fourth-order valence-corrected chi connectivity index (χ4v) is 3.87. The van der Waals surface area contributed by atoms with E-state index in [2.05, 4.69) is 45.1 Å². The average Bonchev–Trinajstić information content (AvgIpc) is 2.65. The monoisotopic (exact) mass is 400 g/mol. The van der Waals surface area contributed by atoms with Gasteiger partial charge in [0.25, 0.3) is 5.69 Å². The quantitative estimate of drug-likeness (QED) is 0.418. The number of rotatable bonds is 8. The highest BCUT2D eigenvalue weighted by molar-refractivity contribution is 8.00. The molecular weight excluding hydrogens is 372 g/mol. The van der Waals surface area contributed by atoms with Crippen LogP contribution in [0.4, 0.5) is 11.4 Å². The van der Waals surface area contributed by atoms with E-state index in [-0.39, 0.29) is 22.6 Å². The van der Waals surface area contributed by atoms with Crippen molar-refractivity contribution in [1.29, 1.82) is 0 Å². The number of nitro benzene ring substituents is 1. The van der Waals surface area contributed by atoms with Crippen LogP contribution in [-0.2, 0) is 4.79 Å². The van der Waals surface area contributed by atoms with Gasteiger partial charge in [-0.2, -0.15) is 0 Å². The van der Waals surface area contributed by atoms with Crippen molar-refractivity contribution in [2.75, 3.05) is 11.1 Å². The standard InChI is InChI=1S/C22H28N2O3S/c1-14(2)19-10-7-11-20(15(3)4)22(19)23-21(25)13-28-16(5)17-8-6-9-18(12-17)24(26)27/h6-12,14-16H,13H2,1-5H3,(H,23,25)/t16-/m1/s1. The molecule has 0 saturated heterocycles. The number of hydrogen-bond donors (Lipinski definition) is 1. The van der Waals surface area contributed by atoms with Crippen LogP contribution in [0.15, 0.2) is 42.5 Å². The summed E-state index contributed by atoms with van der Waals surface area (Å²) in [6.07, 6.45) is 0. The molecular formula is C22H28N2O3S. The number of carbonyl (C=O) groups excluding carboxylic acids is 1. The number of anilines is 1. The Morgan fingerprint density at radius 1 is 1.04 bits per heavy atom. The second kappa shape index (κ2) is 9.73. The molecule has 0 aliphatic heterocycles. The molecule has 0 radical (unpaired) electrons. The minimum absolute atomic E-state index is 0.0180. The highest BCUT2D eigenvalue weighted by Crippen LogP contribution is 2.34. The van der Waals surface area contributed by atoms with Crippen LogP contribution in [0.3, 0.4) is 0 Å². The van der Waals surface area contributed by atoms with Crippen molar-refractivity contribution in [3.63, 3.8) is 0 Å². The summed E-state index contributed by atoms with van der Waals surface area (Å²) < 4.78 is 0. The summed E-state index contributed by atoms with van der Waals surface area (Å²) in [7, 11) is 0. The predicted molar refractivity (Wildman–Crippen MR) is 117 cm³/mol. The minimum atomic E-state index is -0.399. The van der Waals surface area contributed by atoms with E-state index < -0.39 is 4.92 Å². The third-order valence-corrected chi connectivity index (χ3v) is 5.85. The second-order valence-corrected chi connectivity index (χ2v) is 8.80. The van der Waals surface area contributed by atoms with E-state index >= 15 is 0 Å². The van der Waals surface area contributed by atoms with E-state index in [0.29, 0.717) is 11.8 Å². The summed E-state index contributed by atoms with van der Waals surface area (Å²) in [6.45, 7) is 10.4. The maximum atomic E-state index is 12.6. The molecule has 0 fully saturated rings. The van der Waals surface area contributed by atoms with Gasteiger partial charge in [-0.15, -0.1) is 11.8 Å². The zero-order valence-corrected chi connectivity index (χ0v) is 17.9. The minimum Gasteiger partial charge on any atom is -0.325 e. The number of benzene rings is 2. The zero-order chi connectivity index (χ0) is 20.8. The molecule has 28 heavy (non-hydrogen) atoms. The summed E-state index contributed by atoms with van der Waals surface area (Å²) in [5.41, 5.74) is 4.10. The molecule has 1 amide bonds. The number of nitrogens with one attached hydrogen (secondary N) is 1. The van der Waals surface area contributed by atoms with Gasteiger partial charge in [-0.05, 0) is 35.4 Å². The molecule has 2 aromatic rings. The van der Waals surface area contributed by atoms with Crippen LogP contribution in [0.2, 0.25) is 0 Å². The number of amides is 1. The van der Waals surface area contributed by atoms with E-state index in [1.807, 2.05) is 19.1 Å². The van der Waals surface area contributed by atoms with E-state index in [1.54, 1.807) is 12.1 Å². The number of hydrogen-bond acceptors (Lipinski definition) is 4. The third kappa shape index (κ3) is 5.58. The molecule has 0 aromatic heterocycles. The Morgan fingerprint density at radius 3 is 2.14 bits per heavy atom. The number of non-ortho nitro benzene ring substituents is 1. The lowest BCUT2D eigenvalue weighted by Crippen LogP contribution is -2.18. The number of nitro groups is 1. The SMILES string of the molecule is CC(C)c1cccc(C(C)C)c1NC(=O)CS[C@H](C)c1cccc([N+](=O)[O-])c1. The molecule has 0 saturated carbocycles. The smallest absolute Gasteiger partial charge is 0.269 e. The highest BCUT2D eigenvalue weighted by Gasteiger charge is 2.17. The first kappa shape index (κ1) is 22.0. The van der Waals surface area contributed by atoms with E-state index in [9.17, 15) is 14.9 Å². The van der Waals surface area contributed by atoms with Gasteiger partial charge in [-0.3, -0.25) is 14.9 Å². The topological polar surface area (TPSA) is 72.2 Å². The van der Waals surface area contributed by atoms with Gasteiger partial charge in [0.2, 0.25) is 5.91 Å². The van der Waals surface area contributed by atoms with E-state index in [0.717, 1.165) is 22.4 Å². The van der Waals surface area contributed by atoms with Crippen molar-refractivity contribution < 1.29 is 9.72 Å². The van der Waals surface area contributed by atoms with Crippen LogP contribution in [-0.4, -0.2) is 16.6 Å². The Kier molecular flexibility index (Phi) is 7.63. The van der Waals surface area contributed by atoms with Gasteiger partial charge in [-0.1, -0.05) is 58.0 Å². The van der Waals surface area contributed by atoms with Gasteiger partial charge in [0.1, 0.15) is 0 Å². The molecule has 1 N–H and O–H groups in total. The normalized spacial score (nSPS) is 12.2. The van der Waals surface area contributed by atoms with Crippen molar-refractivity contribution in [3.05, 3.63) is 69.3 Å². The van der Waals surface area contributed by atoms with E-state index in [1.165, 1.54) is 17.8 Å². The van der Waals surface area contributed by atoms with E-state index in [4.69, 9.17) is 0 Å². The molecule has 0 unspecified atom stereocenters. The summed E-state index contributed by atoms with van der Waals surface area (Å²) in [5.74, 6) is 0.849. The first-order valence-electron chi connectivity index (χ1n) is 9.49. The van der Waals surface area contributed by atoms with Crippen LogP contribution in [0, 0.1) is 10.1 Å². The molecule has 150 valence electrons. The van der Waals surface area contributed by atoms with Crippen LogP contribution >= 0.6 is 11.8 Å². The molecule has 5 nitrogen and oxygen atoms in total. The second-order valence-electron chi connectivity index (χ2n) is 7.47. The number of thioether (sulfide) groups is 1. The summed E-state index contributed by atoms with van der Waals surface area (Å²) in [5, 5.41) is 14.0. The molecule has 0 aliphatic rings. The Hall–Kier alpha value is -2.34. The van der Waals surface area contributed by atoms with Crippen LogP contribution < -0.4 is 5.32 Å². The van der Waals surface area contributed by atoms with Crippen LogP contribution in [0.1, 0.15) is 68.4 Å². The Bertz CT molecular complexity index is 823. The van der Waals surface area contributed by atoms with Crippen molar-refractivity contribution in [2.24, 2.45) is 0 Å². The third-order valence-electron chi connectivity index (χ3n) is 4.65. The Balaban J connectivity index is 2.09. The zero-order valence-electron chi connectivity index (χ0n) is 17.1. The Morgan fingerprint density at radius 2 is 1.61 bits per heavy atom. The van der Waals surface area contributed by atoms with Crippen LogP contribution in [0.25, 0.3) is 0 Å². The average molecular weight is 401 g/mol. The predicted octanol–water partition coefficient (Wildman–Crippen LogP) is 6.27. The molecule has 2 aromatic carbocycles. The van der Waals surface area contributed by atoms with Gasteiger partial charge < -0.3 is 5.32 Å². The van der Waals surface area contributed by atoms with Crippen molar-refractivity contribution in [2.45, 2.75) is 51.7 Å². The summed E-state index contributed by atoms with van der Waals surface area (Å²) in [4.78, 5) is 23.2. The largest absolute Gasteiger partial charge is 0.325 e. The van der Waals surface area contributed by atoms with Crippen LogP contribution in [0.5, 0.6) is 0 Å². The molecule has 0 bridgehead atoms. The first-order chi connectivity index (χ1) is 13.2. The highest BCUT2D eigenvalue weighted by atomic mass is 32.2. The molecule has 6 heteroatoms. The van der Waals surface area contributed by atoms with Crippen molar-refractivity contribution in [3.8, 4) is 0 Å². The van der Waals surface area contributed by atoms with Gasteiger partial charge in [-0.25, -0.2) is 0 Å². The lowest BCUT2D eigenvalue weighted by molar-refractivity contribution is -0.384. The summed E-state index contributed by atoms with van der Waals surface area (Å²) in [6, 6.07) is 12.7. The van der Waals surface area contributed by atoms with Gasteiger partial charge in [0, 0.05) is 23.1 Å². The van der Waals surface area contributed by atoms with Gasteiger partial charge in [0.05, 0.1) is 10.7 Å². The van der Waals surface area contributed by atoms with Crippen molar-refractivity contribution in [1.82, 2.24) is 0 Å². The molecule has 0 aliphatic carbocycles. The number of nitrogens with zero attached hydrogens (tertiary/aromatic N) is 1. The fourth-order valence-electron chi connectivity index (χ4n) is 3.06. The number of para-hydroxylation sites is 1. The van der Waals surface area contributed by atoms with Crippen molar-refractivity contribution >= 4 is 29.0 Å². The number of carbonyl (C=O) groups is 1. The lowest BCUT2D eigenvalue weighted by atomic mass is 9.92. The maximum Gasteiger partial charge on any atom is 0.269 e. The molecule has 0 heterocycles. The van der Waals surface area contributed by atoms with Gasteiger partial charge >= 0.3 is 0 Å². The summed E-state index contributed by atoms with van der Waals surface area (Å²) >= 11 is 1.47. The first-order valence-corrected chi connectivity index (χ1v) is 10.5. The Labute approximate surface area is 171 Å². The fraction of sp³-hybridized carbons (Fsp3) is 0.409. The molecule has 0 spiro atoms. The molecule has 1 atom stereocenters. The molecule has 2 rings (SSSR count). The van der Waals surface area contributed by atoms with Gasteiger partial charge in [0.15, 0.2) is 0 Å².